The minimum atomic E-state index is 0.00456. The second-order valence-electron chi connectivity index (χ2n) is 5.96. The molecule has 24 heavy (non-hydrogen) atoms. The zero-order chi connectivity index (χ0) is 16.4. The summed E-state index contributed by atoms with van der Waals surface area (Å²) in [6, 6.07) is 9.48. The van der Waals surface area contributed by atoms with Crippen LogP contribution < -0.4 is 0 Å². The zero-order valence-corrected chi connectivity index (χ0v) is 13.2. The van der Waals surface area contributed by atoms with E-state index < -0.39 is 0 Å². The van der Waals surface area contributed by atoms with Crippen LogP contribution in [0.5, 0.6) is 0 Å². The second kappa shape index (κ2) is 6.31. The summed E-state index contributed by atoms with van der Waals surface area (Å²) in [7, 11) is 0. The van der Waals surface area contributed by atoms with Gasteiger partial charge in [0.25, 0.3) is 0 Å². The van der Waals surface area contributed by atoms with Crippen molar-refractivity contribution in [2.45, 2.75) is 18.8 Å². The molecule has 1 amide bonds. The van der Waals surface area contributed by atoms with E-state index in [9.17, 15) is 4.79 Å². The van der Waals surface area contributed by atoms with Crippen LogP contribution in [0, 0.1) is 0 Å². The molecule has 1 unspecified atom stereocenters. The minimum Gasteiger partial charge on any atom is -0.465 e. The van der Waals surface area contributed by atoms with Crippen molar-refractivity contribution in [1.82, 2.24) is 19.5 Å². The van der Waals surface area contributed by atoms with Crippen LogP contribution in [0.4, 0.5) is 0 Å². The first kappa shape index (κ1) is 14.7. The monoisotopic (exact) mass is 322 g/mol. The molecule has 1 aliphatic heterocycles. The number of nitrogens with zero attached hydrogens (tertiary/aromatic N) is 4. The van der Waals surface area contributed by atoms with Crippen molar-refractivity contribution in [2.75, 3.05) is 13.1 Å². The predicted molar refractivity (Wildman–Crippen MR) is 89.3 cm³/mol. The lowest BCUT2D eigenvalue weighted by molar-refractivity contribution is -0.127. The molecule has 1 fully saturated rings. The number of likely N-dealkylation sites (tertiary alicyclic amines) is 1. The number of piperidine rings is 1. The summed E-state index contributed by atoms with van der Waals surface area (Å²) in [5, 5.41) is 8.56. The van der Waals surface area contributed by atoms with E-state index in [1.54, 1.807) is 24.5 Å². The van der Waals surface area contributed by atoms with E-state index in [4.69, 9.17) is 4.42 Å². The van der Waals surface area contributed by atoms with E-state index in [2.05, 4.69) is 10.2 Å². The summed E-state index contributed by atoms with van der Waals surface area (Å²) in [5.74, 6) is 1.82. The second-order valence-corrected chi connectivity index (χ2v) is 5.96. The molecule has 0 bridgehead atoms. The van der Waals surface area contributed by atoms with Crippen molar-refractivity contribution >= 4 is 17.6 Å². The third-order valence-electron chi connectivity index (χ3n) is 4.37. The van der Waals surface area contributed by atoms with Gasteiger partial charge in [-0.2, -0.15) is 0 Å². The van der Waals surface area contributed by atoms with Gasteiger partial charge in [0.1, 0.15) is 11.6 Å². The summed E-state index contributed by atoms with van der Waals surface area (Å²) in [6.45, 7) is 1.44. The fourth-order valence-electron chi connectivity index (χ4n) is 3.17. The maximum Gasteiger partial charge on any atom is 0.246 e. The molecule has 1 aliphatic rings. The molecule has 4 rings (SSSR count). The Morgan fingerprint density at radius 2 is 2.21 bits per heavy atom. The number of carbonyl (C=O) groups excluding carboxylic acids is 1. The van der Waals surface area contributed by atoms with Crippen LogP contribution in [0.15, 0.2) is 53.3 Å². The number of carbonyl (C=O) groups is 1. The predicted octanol–water partition coefficient (Wildman–Crippen LogP) is 2.74. The lowest BCUT2D eigenvalue weighted by atomic mass is 9.97. The Balaban J connectivity index is 1.50. The fourth-order valence-corrected chi connectivity index (χ4v) is 3.17. The van der Waals surface area contributed by atoms with Crippen molar-refractivity contribution in [3.05, 3.63) is 60.5 Å². The van der Waals surface area contributed by atoms with Crippen LogP contribution in [0.25, 0.3) is 11.7 Å². The van der Waals surface area contributed by atoms with Gasteiger partial charge in [-0.1, -0.05) is 6.07 Å². The molecule has 122 valence electrons. The third-order valence-corrected chi connectivity index (χ3v) is 4.37. The summed E-state index contributed by atoms with van der Waals surface area (Å²) >= 11 is 0. The highest BCUT2D eigenvalue weighted by molar-refractivity contribution is 5.91. The molecule has 0 N–H and O–H groups in total. The SMILES string of the molecule is O=C(C=Cc1ccco1)N1CCCC(c2nnc3ccccn23)C1. The van der Waals surface area contributed by atoms with Gasteiger partial charge in [0, 0.05) is 31.3 Å². The van der Waals surface area contributed by atoms with Gasteiger partial charge in [0.05, 0.1) is 6.26 Å². The Labute approximate surface area is 139 Å². The average molecular weight is 322 g/mol. The molecule has 0 spiro atoms. The van der Waals surface area contributed by atoms with E-state index in [0.29, 0.717) is 12.3 Å². The number of rotatable bonds is 3. The Morgan fingerprint density at radius 3 is 3.08 bits per heavy atom. The quantitative estimate of drug-likeness (QED) is 0.696. The third kappa shape index (κ3) is 2.82. The van der Waals surface area contributed by atoms with Crippen molar-refractivity contribution in [3.8, 4) is 0 Å². The number of amides is 1. The Bertz CT molecular complexity index is 866. The van der Waals surface area contributed by atoms with Gasteiger partial charge < -0.3 is 9.32 Å². The maximum atomic E-state index is 12.4. The normalized spacial score (nSPS) is 18.5. The lowest BCUT2D eigenvalue weighted by Gasteiger charge is -2.31. The standard InChI is InChI=1S/C18H18N4O2/c23-17(9-8-15-6-4-12-24-15)21-10-3-5-14(13-21)18-20-19-16-7-1-2-11-22(16)18/h1-2,4,6-9,11-12,14H,3,5,10,13H2. The summed E-state index contributed by atoms with van der Waals surface area (Å²) < 4.78 is 7.23. The summed E-state index contributed by atoms with van der Waals surface area (Å²) in [4.78, 5) is 14.3. The first-order valence-electron chi connectivity index (χ1n) is 8.11. The molecule has 3 aromatic rings. The Kier molecular flexibility index (Phi) is 3.86. The largest absolute Gasteiger partial charge is 0.465 e. The van der Waals surface area contributed by atoms with Gasteiger partial charge in [-0.25, -0.2) is 0 Å². The number of fused-ring (bicyclic) bond motifs is 1. The molecule has 3 aromatic heterocycles. The van der Waals surface area contributed by atoms with Crippen LogP contribution >= 0.6 is 0 Å². The molecular formula is C18H18N4O2. The van der Waals surface area contributed by atoms with Crippen molar-refractivity contribution < 1.29 is 9.21 Å². The first-order chi connectivity index (χ1) is 11.8. The number of hydrogen-bond acceptors (Lipinski definition) is 4. The highest BCUT2D eigenvalue weighted by Gasteiger charge is 2.26. The van der Waals surface area contributed by atoms with Crippen LogP contribution in [0.2, 0.25) is 0 Å². The van der Waals surface area contributed by atoms with Crippen molar-refractivity contribution in [2.24, 2.45) is 0 Å². The van der Waals surface area contributed by atoms with Gasteiger partial charge in [0.15, 0.2) is 5.65 Å². The summed E-state index contributed by atoms with van der Waals surface area (Å²) in [5.41, 5.74) is 0.841. The van der Waals surface area contributed by atoms with Gasteiger partial charge >= 0.3 is 0 Å². The lowest BCUT2D eigenvalue weighted by Crippen LogP contribution is -2.38. The number of hydrogen-bond donors (Lipinski definition) is 0. The number of aromatic nitrogens is 3. The fraction of sp³-hybridized carbons (Fsp3) is 0.278. The molecule has 1 saturated heterocycles. The van der Waals surface area contributed by atoms with Crippen LogP contribution in [-0.2, 0) is 4.79 Å². The molecule has 4 heterocycles. The van der Waals surface area contributed by atoms with Gasteiger partial charge in [-0.05, 0) is 43.2 Å². The highest BCUT2D eigenvalue weighted by atomic mass is 16.3. The van der Waals surface area contributed by atoms with Crippen LogP contribution in [-0.4, -0.2) is 38.5 Å². The van der Waals surface area contributed by atoms with Crippen molar-refractivity contribution in [3.63, 3.8) is 0 Å². The molecule has 0 saturated carbocycles. The number of pyridine rings is 1. The first-order valence-corrected chi connectivity index (χ1v) is 8.11. The van der Waals surface area contributed by atoms with E-state index in [1.807, 2.05) is 39.8 Å². The van der Waals surface area contributed by atoms with E-state index in [-0.39, 0.29) is 11.8 Å². The molecule has 0 radical (unpaired) electrons. The van der Waals surface area contributed by atoms with E-state index in [1.165, 1.54) is 0 Å². The number of furan rings is 1. The Morgan fingerprint density at radius 1 is 1.25 bits per heavy atom. The molecule has 0 aromatic carbocycles. The molecule has 6 nitrogen and oxygen atoms in total. The van der Waals surface area contributed by atoms with E-state index >= 15 is 0 Å². The van der Waals surface area contributed by atoms with Crippen LogP contribution in [0.1, 0.15) is 30.3 Å². The Hall–Kier alpha value is -2.89. The maximum absolute atomic E-state index is 12.4. The smallest absolute Gasteiger partial charge is 0.246 e. The van der Waals surface area contributed by atoms with Gasteiger partial charge in [0.2, 0.25) is 5.91 Å². The molecule has 0 aliphatic carbocycles. The zero-order valence-electron chi connectivity index (χ0n) is 13.2. The van der Waals surface area contributed by atoms with E-state index in [0.717, 1.165) is 30.9 Å². The molecule has 6 heteroatoms. The van der Waals surface area contributed by atoms with Gasteiger partial charge in [-0.15, -0.1) is 10.2 Å². The van der Waals surface area contributed by atoms with Crippen molar-refractivity contribution in [1.29, 1.82) is 0 Å². The van der Waals surface area contributed by atoms with Crippen LogP contribution in [0.3, 0.4) is 0 Å². The molecular weight excluding hydrogens is 304 g/mol. The minimum absolute atomic E-state index is 0.00456. The average Bonchev–Trinajstić information content (AvgIpc) is 3.29. The topological polar surface area (TPSA) is 63.6 Å². The highest BCUT2D eigenvalue weighted by Crippen LogP contribution is 2.26. The summed E-state index contributed by atoms with van der Waals surface area (Å²) in [6.07, 6.45) is 8.83. The van der Waals surface area contributed by atoms with Gasteiger partial charge in [-0.3, -0.25) is 9.20 Å². The molecule has 1 atom stereocenters.